The van der Waals surface area contributed by atoms with Crippen molar-refractivity contribution < 1.29 is 14.0 Å². The van der Waals surface area contributed by atoms with Crippen molar-refractivity contribution in [1.29, 1.82) is 0 Å². The third kappa shape index (κ3) is 2.48. The summed E-state index contributed by atoms with van der Waals surface area (Å²) in [5.41, 5.74) is 8.18. The number of nitrogens with zero attached hydrogens (tertiary/aromatic N) is 1. The maximum absolute atomic E-state index is 12.6. The van der Waals surface area contributed by atoms with Crippen LogP contribution < -0.4 is 5.73 Å². The molecule has 3 aromatic rings. The van der Waals surface area contributed by atoms with Gasteiger partial charge in [0.05, 0.1) is 6.67 Å². The van der Waals surface area contributed by atoms with Crippen molar-refractivity contribution in [3.8, 4) is 0 Å². The zero-order valence-electron chi connectivity index (χ0n) is 12.8. The van der Waals surface area contributed by atoms with E-state index in [0.717, 1.165) is 21.8 Å². The lowest BCUT2D eigenvalue weighted by Crippen LogP contribution is -2.11. The quantitative estimate of drug-likeness (QED) is 0.733. The topological polar surface area (TPSA) is 65.1 Å². The molecule has 1 amide bonds. The van der Waals surface area contributed by atoms with Gasteiger partial charge in [-0.05, 0) is 43.7 Å². The van der Waals surface area contributed by atoms with Gasteiger partial charge in [0.1, 0.15) is 0 Å². The summed E-state index contributed by atoms with van der Waals surface area (Å²) in [5.74, 6) is -0.568. The Morgan fingerprint density at radius 3 is 2.61 bits per heavy atom. The summed E-state index contributed by atoms with van der Waals surface area (Å²) in [6.45, 7) is 1.58. The predicted octanol–water partition coefficient (Wildman–Crippen LogP) is 3.46. The Balaban J connectivity index is 2.43. The number of aryl methyl sites for hydroxylation is 1. The van der Waals surface area contributed by atoms with Gasteiger partial charge in [-0.15, -0.1) is 0 Å². The average Bonchev–Trinajstić information content (AvgIpc) is 2.85. The summed E-state index contributed by atoms with van der Waals surface area (Å²) in [6.07, 6.45) is 0.383. The van der Waals surface area contributed by atoms with E-state index in [0.29, 0.717) is 24.1 Å². The number of carbonyl (C=O) groups excluding carboxylic acids is 2. The fourth-order valence-corrected chi connectivity index (χ4v) is 3.03. The maximum atomic E-state index is 12.6. The second-order valence-electron chi connectivity index (χ2n) is 5.55. The zero-order valence-corrected chi connectivity index (χ0v) is 12.8. The van der Waals surface area contributed by atoms with Gasteiger partial charge in [-0.1, -0.05) is 6.07 Å². The van der Waals surface area contributed by atoms with Crippen LogP contribution in [0.3, 0.4) is 0 Å². The second kappa shape index (κ2) is 5.83. The third-order valence-corrected chi connectivity index (χ3v) is 4.08. The largest absolute Gasteiger partial charge is 0.366 e. The van der Waals surface area contributed by atoms with Crippen molar-refractivity contribution in [1.82, 2.24) is 4.57 Å². The highest BCUT2D eigenvalue weighted by Crippen LogP contribution is 2.32. The van der Waals surface area contributed by atoms with Gasteiger partial charge < -0.3 is 10.3 Å². The first-order valence-electron chi connectivity index (χ1n) is 7.46. The molecule has 0 unspecified atom stereocenters. The van der Waals surface area contributed by atoms with E-state index >= 15 is 0 Å². The summed E-state index contributed by atoms with van der Waals surface area (Å²) < 4.78 is 14.6. The van der Waals surface area contributed by atoms with Gasteiger partial charge in [-0.2, -0.15) is 0 Å². The monoisotopic (exact) mass is 312 g/mol. The van der Waals surface area contributed by atoms with E-state index in [1.165, 1.54) is 6.92 Å². The van der Waals surface area contributed by atoms with Gasteiger partial charge in [-0.25, -0.2) is 0 Å². The van der Waals surface area contributed by atoms with E-state index in [1.54, 1.807) is 24.3 Å². The molecule has 0 saturated carbocycles. The Labute approximate surface area is 132 Å². The number of Topliss-reactive ketones (excluding diaryl/α,β-unsaturated/α-hetero) is 1. The molecule has 0 radical (unpaired) electrons. The van der Waals surface area contributed by atoms with Gasteiger partial charge in [-0.3, -0.25) is 14.0 Å². The Kier molecular flexibility index (Phi) is 3.86. The number of hydrogen-bond donors (Lipinski definition) is 1. The number of primary amides is 1. The van der Waals surface area contributed by atoms with E-state index in [1.807, 2.05) is 16.7 Å². The van der Waals surface area contributed by atoms with Crippen LogP contribution in [0.15, 0.2) is 36.4 Å². The molecule has 0 aliphatic carbocycles. The molecule has 0 atom stereocenters. The lowest BCUT2D eigenvalue weighted by molar-refractivity contribution is 0.0997. The fraction of sp³-hybridized carbons (Fsp3) is 0.222. The van der Waals surface area contributed by atoms with Crippen molar-refractivity contribution in [2.75, 3.05) is 6.67 Å². The fourth-order valence-electron chi connectivity index (χ4n) is 3.03. The lowest BCUT2D eigenvalue weighted by Gasteiger charge is -2.06. The molecule has 4 nitrogen and oxygen atoms in total. The number of benzene rings is 2. The van der Waals surface area contributed by atoms with Gasteiger partial charge in [0.15, 0.2) is 5.78 Å². The SMILES string of the molecule is CC(=O)c1ccc2c(c1)c1c(C(N)=O)cccc1n2CCCF. The molecule has 23 heavy (non-hydrogen) atoms. The minimum Gasteiger partial charge on any atom is -0.366 e. The van der Waals surface area contributed by atoms with Crippen LogP contribution in [-0.2, 0) is 6.54 Å². The van der Waals surface area contributed by atoms with Crippen LogP contribution >= 0.6 is 0 Å². The minimum atomic E-state index is -0.520. The molecule has 0 aliphatic heterocycles. The zero-order chi connectivity index (χ0) is 16.6. The second-order valence-corrected chi connectivity index (χ2v) is 5.55. The molecule has 0 bridgehead atoms. The van der Waals surface area contributed by atoms with E-state index in [9.17, 15) is 14.0 Å². The number of fused-ring (bicyclic) bond motifs is 3. The lowest BCUT2D eigenvalue weighted by atomic mass is 10.0. The summed E-state index contributed by atoms with van der Waals surface area (Å²) in [4.78, 5) is 23.5. The Morgan fingerprint density at radius 1 is 1.17 bits per heavy atom. The molecule has 2 aromatic carbocycles. The van der Waals surface area contributed by atoms with Crippen LogP contribution in [0.1, 0.15) is 34.1 Å². The Bertz CT molecular complexity index is 928. The first kappa shape index (κ1) is 15.2. The first-order valence-corrected chi connectivity index (χ1v) is 7.46. The molecule has 2 N–H and O–H groups in total. The number of ketones is 1. The number of aromatic nitrogens is 1. The molecule has 5 heteroatoms. The minimum absolute atomic E-state index is 0.0480. The van der Waals surface area contributed by atoms with Crippen LogP contribution in [-0.4, -0.2) is 22.9 Å². The molecule has 0 saturated heterocycles. The smallest absolute Gasteiger partial charge is 0.249 e. The van der Waals surface area contributed by atoms with Crippen LogP contribution in [0.2, 0.25) is 0 Å². The number of rotatable bonds is 5. The molecule has 0 fully saturated rings. The Hall–Kier alpha value is -2.69. The van der Waals surface area contributed by atoms with Gasteiger partial charge in [0, 0.05) is 39.5 Å². The standard InChI is InChI=1S/C18H17FN2O2/c1-11(22)12-6-7-15-14(10-12)17-13(18(20)23)4-2-5-16(17)21(15)9-3-8-19/h2,4-7,10H,3,8-9H2,1H3,(H2,20,23). The van der Waals surface area contributed by atoms with Gasteiger partial charge in [0.25, 0.3) is 0 Å². The third-order valence-electron chi connectivity index (χ3n) is 4.08. The maximum Gasteiger partial charge on any atom is 0.249 e. The molecule has 1 heterocycles. The predicted molar refractivity (Wildman–Crippen MR) is 88.6 cm³/mol. The molecule has 3 rings (SSSR count). The highest BCUT2D eigenvalue weighted by molar-refractivity contribution is 6.18. The van der Waals surface area contributed by atoms with Crippen molar-refractivity contribution >= 4 is 33.5 Å². The molecule has 118 valence electrons. The highest BCUT2D eigenvalue weighted by Gasteiger charge is 2.17. The van der Waals surface area contributed by atoms with E-state index in [2.05, 4.69) is 0 Å². The summed E-state index contributed by atoms with van der Waals surface area (Å²) in [6, 6.07) is 10.7. The van der Waals surface area contributed by atoms with Crippen molar-refractivity contribution in [2.24, 2.45) is 5.73 Å². The van der Waals surface area contributed by atoms with Gasteiger partial charge >= 0.3 is 0 Å². The summed E-state index contributed by atoms with van der Waals surface area (Å²) in [5, 5.41) is 1.51. The molecule has 0 aliphatic rings. The molecule has 1 aromatic heterocycles. The van der Waals surface area contributed by atoms with Crippen molar-refractivity contribution in [3.05, 3.63) is 47.5 Å². The van der Waals surface area contributed by atoms with E-state index in [-0.39, 0.29) is 5.78 Å². The van der Waals surface area contributed by atoms with Crippen LogP contribution in [0.25, 0.3) is 21.8 Å². The number of alkyl halides is 1. The van der Waals surface area contributed by atoms with Crippen molar-refractivity contribution in [2.45, 2.75) is 19.9 Å². The van der Waals surface area contributed by atoms with Crippen LogP contribution in [0.5, 0.6) is 0 Å². The number of hydrogen-bond acceptors (Lipinski definition) is 2. The Morgan fingerprint density at radius 2 is 1.96 bits per heavy atom. The van der Waals surface area contributed by atoms with Crippen LogP contribution in [0, 0.1) is 0 Å². The highest BCUT2D eigenvalue weighted by atomic mass is 19.1. The number of carbonyl (C=O) groups is 2. The van der Waals surface area contributed by atoms with Crippen molar-refractivity contribution in [3.63, 3.8) is 0 Å². The van der Waals surface area contributed by atoms with E-state index in [4.69, 9.17) is 5.73 Å². The number of nitrogens with two attached hydrogens (primary N) is 1. The van der Waals surface area contributed by atoms with E-state index < -0.39 is 12.6 Å². The first-order chi connectivity index (χ1) is 11.0. The van der Waals surface area contributed by atoms with Gasteiger partial charge in [0.2, 0.25) is 5.91 Å². The number of halogens is 1. The summed E-state index contributed by atoms with van der Waals surface area (Å²) in [7, 11) is 0. The molecular weight excluding hydrogens is 295 g/mol. The molecule has 0 spiro atoms. The molecular formula is C18H17FN2O2. The summed E-state index contributed by atoms with van der Waals surface area (Å²) >= 11 is 0. The average molecular weight is 312 g/mol. The number of amides is 1. The van der Waals surface area contributed by atoms with Crippen LogP contribution in [0.4, 0.5) is 4.39 Å². The normalized spacial score (nSPS) is 11.2.